The molecule has 6 nitrogen and oxygen atoms in total. The van der Waals surface area contributed by atoms with Crippen LogP contribution >= 0.6 is 11.6 Å². The fourth-order valence-corrected chi connectivity index (χ4v) is 7.21. The van der Waals surface area contributed by atoms with Crippen molar-refractivity contribution >= 4 is 32.5 Å². The summed E-state index contributed by atoms with van der Waals surface area (Å²) >= 11 is 6.21. The molecule has 0 radical (unpaired) electrons. The second kappa shape index (κ2) is 9.61. The minimum atomic E-state index is -3.90. The van der Waals surface area contributed by atoms with Gasteiger partial charge in [0, 0.05) is 41.3 Å². The first-order chi connectivity index (χ1) is 17.2. The normalized spacial score (nSPS) is 15.8. The van der Waals surface area contributed by atoms with E-state index in [4.69, 9.17) is 11.6 Å². The summed E-state index contributed by atoms with van der Waals surface area (Å²) in [5.74, 6) is 0.187. The van der Waals surface area contributed by atoms with Crippen molar-refractivity contribution in [2.24, 2.45) is 0 Å². The third kappa shape index (κ3) is 4.33. The van der Waals surface area contributed by atoms with Gasteiger partial charge in [-0.2, -0.15) is 18.2 Å². The number of nitrogens with zero attached hydrogens (tertiary/aromatic N) is 4. The first-order valence-electron chi connectivity index (χ1n) is 11.8. The van der Waals surface area contributed by atoms with E-state index in [1.165, 1.54) is 22.2 Å². The number of fused-ring (bicyclic) bond motifs is 1. The van der Waals surface area contributed by atoms with E-state index in [2.05, 4.69) is 34.8 Å². The lowest BCUT2D eigenvalue weighted by atomic mass is 9.88. The molecule has 2 aromatic heterocycles. The molecule has 1 aliphatic heterocycles. The van der Waals surface area contributed by atoms with Gasteiger partial charge in [-0.3, -0.25) is 0 Å². The minimum absolute atomic E-state index is 0.0490. The fraction of sp³-hybridized carbons (Fsp3) is 0.346. The van der Waals surface area contributed by atoms with Crippen LogP contribution in [0.5, 0.6) is 0 Å². The van der Waals surface area contributed by atoms with E-state index in [0.717, 1.165) is 23.0 Å². The first kappa shape index (κ1) is 24.9. The van der Waals surface area contributed by atoms with Crippen LogP contribution in [0.3, 0.4) is 0 Å². The lowest BCUT2D eigenvalue weighted by Crippen LogP contribution is -2.38. The number of benzene rings is 2. The van der Waals surface area contributed by atoms with Gasteiger partial charge in [-0.1, -0.05) is 41.9 Å². The average molecular weight is 533 g/mol. The monoisotopic (exact) mass is 532 g/mol. The Bertz CT molecular complexity index is 1520. The van der Waals surface area contributed by atoms with Crippen molar-refractivity contribution < 1.29 is 17.2 Å². The molecule has 10 heteroatoms. The second-order valence-electron chi connectivity index (χ2n) is 9.23. The van der Waals surface area contributed by atoms with E-state index in [0.29, 0.717) is 42.2 Å². The molecule has 0 N–H and O–H groups in total. The SMILES string of the molecule is Cc1c(S(=O)(=O)N2CCC(c3c(C)n(Cc4cccc(Cl)c4)c4ccccc34)CC2)cnn1C(F)F. The number of hydrogen-bond donors (Lipinski definition) is 0. The van der Waals surface area contributed by atoms with Crippen LogP contribution < -0.4 is 0 Å². The zero-order valence-corrected chi connectivity index (χ0v) is 21.6. The van der Waals surface area contributed by atoms with Crippen LogP contribution in [0.4, 0.5) is 8.78 Å². The fourth-order valence-electron chi connectivity index (χ4n) is 5.38. The van der Waals surface area contributed by atoms with Gasteiger partial charge in [0.15, 0.2) is 0 Å². The largest absolute Gasteiger partial charge is 0.340 e. The van der Waals surface area contributed by atoms with Gasteiger partial charge in [-0.25, -0.2) is 13.1 Å². The van der Waals surface area contributed by atoms with Crippen molar-refractivity contribution in [2.75, 3.05) is 13.1 Å². The molecule has 0 saturated carbocycles. The van der Waals surface area contributed by atoms with Gasteiger partial charge >= 0.3 is 6.55 Å². The number of aromatic nitrogens is 3. The highest BCUT2D eigenvalue weighted by Crippen LogP contribution is 2.39. The Kier molecular flexibility index (Phi) is 6.65. The van der Waals surface area contributed by atoms with Gasteiger partial charge in [0.25, 0.3) is 0 Å². The van der Waals surface area contributed by atoms with Gasteiger partial charge in [0.05, 0.1) is 11.9 Å². The summed E-state index contributed by atoms with van der Waals surface area (Å²) < 4.78 is 56.8. The van der Waals surface area contributed by atoms with Crippen LogP contribution in [0.2, 0.25) is 5.02 Å². The molecule has 4 aromatic rings. The number of piperidine rings is 1. The molecule has 1 aliphatic rings. The Morgan fingerprint density at radius 3 is 2.44 bits per heavy atom. The highest BCUT2D eigenvalue weighted by molar-refractivity contribution is 7.89. The summed E-state index contributed by atoms with van der Waals surface area (Å²) in [4.78, 5) is -0.157. The first-order valence-corrected chi connectivity index (χ1v) is 13.6. The molecule has 3 heterocycles. The summed E-state index contributed by atoms with van der Waals surface area (Å²) in [6, 6.07) is 16.1. The van der Waals surface area contributed by atoms with E-state index >= 15 is 0 Å². The van der Waals surface area contributed by atoms with Crippen LogP contribution in [0.15, 0.2) is 59.6 Å². The summed E-state index contributed by atoms with van der Waals surface area (Å²) in [6.45, 7) is 1.92. The van der Waals surface area contributed by atoms with Crippen molar-refractivity contribution in [2.45, 2.75) is 50.6 Å². The third-order valence-corrected chi connectivity index (χ3v) is 9.41. The molecule has 2 aromatic carbocycles. The zero-order chi connectivity index (χ0) is 25.6. The van der Waals surface area contributed by atoms with E-state index in [-0.39, 0.29) is 16.5 Å². The Balaban J connectivity index is 1.42. The predicted molar refractivity (Wildman–Crippen MR) is 136 cm³/mol. The van der Waals surface area contributed by atoms with Crippen molar-refractivity contribution in [1.82, 2.24) is 18.7 Å². The molecule has 0 bridgehead atoms. The van der Waals surface area contributed by atoms with Crippen LogP contribution in [0.1, 0.15) is 47.8 Å². The van der Waals surface area contributed by atoms with Crippen molar-refractivity contribution in [3.63, 3.8) is 0 Å². The Morgan fingerprint density at radius 2 is 1.78 bits per heavy atom. The molecule has 0 atom stereocenters. The van der Waals surface area contributed by atoms with Gasteiger partial charge in [-0.05, 0) is 61.9 Å². The highest BCUT2D eigenvalue weighted by atomic mass is 35.5. The van der Waals surface area contributed by atoms with Gasteiger partial charge < -0.3 is 4.57 Å². The molecule has 0 amide bonds. The summed E-state index contributed by atoms with van der Waals surface area (Å²) in [7, 11) is -3.90. The molecule has 1 fully saturated rings. The summed E-state index contributed by atoms with van der Waals surface area (Å²) in [5, 5.41) is 5.45. The lowest BCUT2D eigenvalue weighted by Gasteiger charge is -2.31. The van der Waals surface area contributed by atoms with Crippen LogP contribution in [0.25, 0.3) is 10.9 Å². The number of halogens is 3. The second-order valence-corrected chi connectivity index (χ2v) is 11.6. The predicted octanol–water partition coefficient (Wildman–Crippen LogP) is 6.12. The maximum absolute atomic E-state index is 13.2. The maximum atomic E-state index is 13.2. The van der Waals surface area contributed by atoms with E-state index in [9.17, 15) is 17.2 Å². The molecule has 1 saturated heterocycles. The topological polar surface area (TPSA) is 60.1 Å². The Labute approximate surface area is 214 Å². The zero-order valence-electron chi connectivity index (χ0n) is 20.0. The smallest absolute Gasteiger partial charge is 0.333 e. The highest BCUT2D eigenvalue weighted by Gasteiger charge is 2.34. The average Bonchev–Trinajstić information content (AvgIpc) is 3.37. The van der Waals surface area contributed by atoms with E-state index in [1.807, 2.05) is 30.3 Å². The van der Waals surface area contributed by atoms with Gasteiger partial charge in [0.1, 0.15) is 4.90 Å². The molecule has 0 aliphatic carbocycles. The molecular weight excluding hydrogens is 506 g/mol. The minimum Gasteiger partial charge on any atom is -0.340 e. The van der Waals surface area contributed by atoms with Crippen LogP contribution in [-0.4, -0.2) is 40.2 Å². The van der Waals surface area contributed by atoms with Crippen molar-refractivity contribution in [1.29, 1.82) is 0 Å². The number of sulfonamides is 1. The number of rotatable bonds is 6. The van der Waals surface area contributed by atoms with Crippen LogP contribution in [-0.2, 0) is 16.6 Å². The molecule has 36 heavy (non-hydrogen) atoms. The van der Waals surface area contributed by atoms with Crippen molar-refractivity contribution in [3.8, 4) is 0 Å². The number of alkyl halides is 2. The maximum Gasteiger partial charge on any atom is 0.333 e. The molecule has 0 unspecified atom stereocenters. The Hall–Kier alpha value is -2.75. The van der Waals surface area contributed by atoms with Crippen molar-refractivity contribution in [3.05, 3.63) is 82.3 Å². The van der Waals surface area contributed by atoms with Crippen LogP contribution in [0, 0.1) is 13.8 Å². The van der Waals surface area contributed by atoms with Gasteiger partial charge in [0.2, 0.25) is 10.0 Å². The summed E-state index contributed by atoms with van der Waals surface area (Å²) in [6.07, 6.45) is 2.32. The lowest BCUT2D eigenvalue weighted by molar-refractivity contribution is 0.0541. The number of para-hydroxylation sites is 1. The molecule has 0 spiro atoms. The third-order valence-electron chi connectivity index (χ3n) is 7.17. The standard InChI is InChI=1S/C26H27ClF2N4O2S/c1-17-24(15-30-33(17)26(28)29)36(34,35)31-12-10-20(11-13-31)25-18(2)32(23-9-4-3-8-22(23)25)16-19-6-5-7-21(27)14-19/h3-9,14-15,20,26H,10-13,16H2,1-2H3. The molecule has 5 rings (SSSR count). The number of hydrogen-bond acceptors (Lipinski definition) is 3. The van der Waals surface area contributed by atoms with E-state index in [1.54, 1.807) is 0 Å². The molecular formula is C26H27ClF2N4O2S. The quantitative estimate of drug-likeness (QED) is 0.300. The van der Waals surface area contributed by atoms with Gasteiger partial charge in [-0.15, -0.1) is 0 Å². The van der Waals surface area contributed by atoms with E-state index < -0.39 is 16.6 Å². The summed E-state index contributed by atoms with van der Waals surface area (Å²) in [5.41, 5.74) is 4.60. The molecule has 190 valence electrons. The Morgan fingerprint density at radius 1 is 1.06 bits per heavy atom.